The number of carbonyl (C=O) groups excluding carboxylic acids is 2. The van der Waals surface area contributed by atoms with Crippen LogP contribution >= 0.6 is 0 Å². The Morgan fingerprint density at radius 2 is 1.07 bits per heavy atom. The Balaban J connectivity index is 2.08. The zero-order valence-corrected chi connectivity index (χ0v) is 15.9. The van der Waals surface area contributed by atoms with Gasteiger partial charge >= 0.3 is 0 Å². The highest BCUT2D eigenvalue weighted by molar-refractivity contribution is 5.99. The number of hydrogen-bond acceptors (Lipinski definition) is 4. The molecule has 0 saturated carbocycles. The van der Waals surface area contributed by atoms with Crippen LogP contribution in [-0.4, -0.2) is 12.2 Å². The van der Waals surface area contributed by atoms with E-state index < -0.39 is 0 Å². The van der Waals surface area contributed by atoms with E-state index in [9.17, 15) is 9.59 Å². The van der Waals surface area contributed by atoms with Crippen LogP contribution in [0.3, 0.4) is 0 Å². The molecule has 0 fully saturated rings. The molecular formula is C26H16N2O2. The van der Waals surface area contributed by atoms with Gasteiger partial charge in [-0.05, 0) is 46.0 Å². The summed E-state index contributed by atoms with van der Waals surface area (Å²) in [7, 11) is 0. The van der Waals surface area contributed by atoms with E-state index in [2.05, 4.69) is 9.98 Å². The molecule has 0 spiro atoms. The monoisotopic (exact) mass is 388 g/mol. The zero-order chi connectivity index (χ0) is 20.8. The lowest BCUT2D eigenvalue weighted by molar-refractivity contribution is 0.564. The van der Waals surface area contributed by atoms with E-state index in [-0.39, 0.29) is 0 Å². The fraction of sp³-hybridized carbons (Fsp3) is 0. The van der Waals surface area contributed by atoms with Crippen molar-refractivity contribution >= 4 is 23.5 Å². The van der Waals surface area contributed by atoms with Crippen LogP contribution in [0.15, 0.2) is 107 Å². The number of rotatable bonds is 5. The quantitative estimate of drug-likeness (QED) is 0.285. The lowest BCUT2D eigenvalue weighted by atomic mass is 9.86. The lowest BCUT2D eigenvalue weighted by Crippen LogP contribution is -1.91. The van der Waals surface area contributed by atoms with Crippen LogP contribution in [0.1, 0.15) is 0 Å². The van der Waals surface area contributed by atoms with Crippen LogP contribution in [0.4, 0.5) is 11.4 Å². The van der Waals surface area contributed by atoms with E-state index in [4.69, 9.17) is 0 Å². The summed E-state index contributed by atoms with van der Waals surface area (Å²) in [5.41, 5.74) is 6.75. The highest BCUT2D eigenvalue weighted by Crippen LogP contribution is 2.45. The first-order chi connectivity index (χ1) is 14.8. The van der Waals surface area contributed by atoms with Gasteiger partial charge in [-0.25, -0.2) is 9.59 Å². The largest absolute Gasteiger partial charge is 0.240 e. The van der Waals surface area contributed by atoms with Crippen LogP contribution in [0, 0.1) is 0 Å². The molecule has 0 saturated heterocycles. The Morgan fingerprint density at radius 3 is 1.67 bits per heavy atom. The van der Waals surface area contributed by atoms with Crippen molar-refractivity contribution in [2.45, 2.75) is 0 Å². The molecule has 0 unspecified atom stereocenters. The van der Waals surface area contributed by atoms with E-state index >= 15 is 0 Å². The number of hydrogen-bond donors (Lipinski definition) is 0. The minimum atomic E-state index is 0.526. The fourth-order valence-electron chi connectivity index (χ4n) is 3.54. The van der Waals surface area contributed by atoms with Gasteiger partial charge in [-0.3, -0.25) is 0 Å². The zero-order valence-electron chi connectivity index (χ0n) is 15.9. The second-order valence-corrected chi connectivity index (χ2v) is 6.57. The molecule has 0 heterocycles. The molecule has 4 aromatic carbocycles. The van der Waals surface area contributed by atoms with Crippen molar-refractivity contribution in [1.29, 1.82) is 0 Å². The highest BCUT2D eigenvalue weighted by atomic mass is 16.1. The predicted molar refractivity (Wildman–Crippen MR) is 118 cm³/mol. The smallest absolute Gasteiger partial charge is 0.211 e. The van der Waals surface area contributed by atoms with E-state index in [0.717, 1.165) is 33.4 Å². The van der Waals surface area contributed by atoms with Gasteiger partial charge in [0.2, 0.25) is 12.2 Å². The van der Waals surface area contributed by atoms with Gasteiger partial charge in [-0.2, -0.15) is 9.98 Å². The Hall–Kier alpha value is -4.36. The molecule has 0 radical (unpaired) electrons. The van der Waals surface area contributed by atoms with Crippen molar-refractivity contribution in [2.24, 2.45) is 9.98 Å². The minimum absolute atomic E-state index is 0.526. The maximum Gasteiger partial charge on any atom is 0.240 e. The molecule has 0 aromatic heterocycles. The van der Waals surface area contributed by atoms with Crippen molar-refractivity contribution in [3.8, 4) is 33.4 Å². The average molecular weight is 388 g/mol. The first-order valence-electron chi connectivity index (χ1n) is 9.36. The number of isocyanates is 2. The molecule has 0 bridgehead atoms. The Morgan fingerprint density at radius 1 is 0.500 bits per heavy atom. The average Bonchev–Trinajstić information content (AvgIpc) is 2.81. The van der Waals surface area contributed by atoms with Crippen molar-refractivity contribution in [1.82, 2.24) is 0 Å². The summed E-state index contributed by atoms with van der Waals surface area (Å²) >= 11 is 0. The molecule has 0 N–H and O–H groups in total. The summed E-state index contributed by atoms with van der Waals surface area (Å²) in [5.74, 6) is 0. The van der Waals surface area contributed by atoms with Gasteiger partial charge < -0.3 is 0 Å². The van der Waals surface area contributed by atoms with Crippen molar-refractivity contribution in [2.75, 3.05) is 0 Å². The summed E-state index contributed by atoms with van der Waals surface area (Å²) in [6, 6.07) is 31.0. The lowest BCUT2D eigenvalue weighted by Gasteiger charge is -2.18. The van der Waals surface area contributed by atoms with Gasteiger partial charge in [0.25, 0.3) is 0 Å². The summed E-state index contributed by atoms with van der Waals surface area (Å²) < 4.78 is 0. The Bertz CT molecular complexity index is 1270. The second kappa shape index (κ2) is 8.76. The van der Waals surface area contributed by atoms with Crippen LogP contribution in [0.25, 0.3) is 33.4 Å². The molecule has 30 heavy (non-hydrogen) atoms. The SMILES string of the molecule is O=C=Nc1ccc(-c2c(-c3ccccc3)ccc(N=C=O)c2-c2ccccc2)cc1. The molecule has 4 heteroatoms. The van der Waals surface area contributed by atoms with E-state index in [1.807, 2.05) is 84.9 Å². The summed E-state index contributed by atoms with van der Waals surface area (Å²) in [6.07, 6.45) is 3.24. The standard InChI is InChI=1S/C26H16N2O2/c29-17-27-22-13-11-21(12-14-22)25-23(19-7-3-1-4-8-19)15-16-24(28-18-30)26(25)20-9-5-2-6-10-20/h1-16H. The normalized spacial score (nSPS) is 10.0. The minimum Gasteiger partial charge on any atom is -0.211 e. The number of nitrogens with zero attached hydrogens (tertiary/aromatic N) is 2. The Labute approximate surface area is 173 Å². The molecule has 0 atom stereocenters. The van der Waals surface area contributed by atoms with Crippen molar-refractivity contribution < 1.29 is 9.59 Å². The van der Waals surface area contributed by atoms with Gasteiger partial charge in [-0.1, -0.05) is 78.9 Å². The van der Waals surface area contributed by atoms with Gasteiger partial charge in [-0.15, -0.1) is 0 Å². The molecule has 0 aliphatic rings. The van der Waals surface area contributed by atoms with Crippen molar-refractivity contribution in [3.63, 3.8) is 0 Å². The van der Waals surface area contributed by atoms with E-state index in [0.29, 0.717) is 11.4 Å². The summed E-state index contributed by atoms with van der Waals surface area (Å²) in [5, 5.41) is 0. The van der Waals surface area contributed by atoms with Gasteiger partial charge in [0.15, 0.2) is 0 Å². The first kappa shape index (κ1) is 19.0. The Kier molecular flexibility index (Phi) is 5.54. The first-order valence-corrected chi connectivity index (χ1v) is 9.36. The van der Waals surface area contributed by atoms with Gasteiger partial charge in [0.1, 0.15) is 0 Å². The highest BCUT2D eigenvalue weighted by Gasteiger charge is 2.18. The molecule has 0 aliphatic heterocycles. The second-order valence-electron chi connectivity index (χ2n) is 6.57. The van der Waals surface area contributed by atoms with Crippen LogP contribution in [0.5, 0.6) is 0 Å². The summed E-state index contributed by atoms with van der Waals surface area (Å²) in [4.78, 5) is 29.4. The molecule has 142 valence electrons. The number of aliphatic imine (C=N–C) groups is 2. The van der Waals surface area contributed by atoms with Crippen LogP contribution in [0.2, 0.25) is 0 Å². The van der Waals surface area contributed by atoms with Crippen molar-refractivity contribution in [3.05, 3.63) is 97.1 Å². The fourth-order valence-corrected chi connectivity index (χ4v) is 3.54. The number of benzene rings is 4. The third kappa shape index (κ3) is 3.78. The maximum absolute atomic E-state index is 11.1. The predicted octanol–water partition coefficient (Wildman–Crippen LogP) is 6.62. The maximum atomic E-state index is 11.1. The third-order valence-electron chi connectivity index (χ3n) is 4.83. The topological polar surface area (TPSA) is 58.9 Å². The van der Waals surface area contributed by atoms with Gasteiger partial charge in [0, 0.05) is 5.56 Å². The van der Waals surface area contributed by atoms with Crippen LogP contribution < -0.4 is 0 Å². The summed E-state index contributed by atoms with van der Waals surface area (Å²) in [6.45, 7) is 0. The molecular weight excluding hydrogens is 372 g/mol. The molecule has 0 amide bonds. The van der Waals surface area contributed by atoms with E-state index in [1.165, 1.54) is 0 Å². The molecule has 0 aliphatic carbocycles. The molecule has 4 aromatic rings. The van der Waals surface area contributed by atoms with E-state index in [1.54, 1.807) is 24.3 Å². The van der Waals surface area contributed by atoms with Crippen LogP contribution in [-0.2, 0) is 9.59 Å². The molecule has 4 rings (SSSR count). The third-order valence-corrected chi connectivity index (χ3v) is 4.83. The van der Waals surface area contributed by atoms with Gasteiger partial charge in [0.05, 0.1) is 11.4 Å². The molecule has 4 nitrogen and oxygen atoms in total.